The lowest BCUT2D eigenvalue weighted by atomic mass is 10.0. The van der Waals surface area contributed by atoms with Crippen molar-refractivity contribution in [2.24, 2.45) is 5.92 Å². The van der Waals surface area contributed by atoms with Crippen molar-refractivity contribution in [1.82, 2.24) is 15.5 Å². The number of ether oxygens (including phenoxy) is 2. The van der Waals surface area contributed by atoms with E-state index in [0.29, 0.717) is 29.6 Å². The van der Waals surface area contributed by atoms with E-state index in [1.807, 2.05) is 45.0 Å². The van der Waals surface area contributed by atoms with E-state index in [9.17, 15) is 4.79 Å². The molecule has 1 atom stereocenters. The van der Waals surface area contributed by atoms with Crippen LogP contribution in [0.15, 0.2) is 40.9 Å². The molecule has 3 rings (SSSR count). The number of nitrogens with one attached hydrogen (secondary N) is 1. The van der Waals surface area contributed by atoms with Gasteiger partial charge in [0.15, 0.2) is 5.75 Å². The normalized spacial score (nSPS) is 12.0. The van der Waals surface area contributed by atoms with Crippen LogP contribution >= 0.6 is 23.2 Å². The highest BCUT2D eigenvalue weighted by Crippen LogP contribution is 2.34. The van der Waals surface area contributed by atoms with Crippen LogP contribution in [0, 0.1) is 5.92 Å². The summed E-state index contributed by atoms with van der Waals surface area (Å²) >= 11 is 12.5. The predicted molar refractivity (Wildman–Crippen MR) is 119 cm³/mol. The van der Waals surface area contributed by atoms with E-state index in [1.54, 1.807) is 7.11 Å². The molecule has 0 fully saturated rings. The van der Waals surface area contributed by atoms with Gasteiger partial charge in [-0.3, -0.25) is 4.79 Å². The van der Waals surface area contributed by atoms with E-state index in [-0.39, 0.29) is 21.9 Å². The summed E-state index contributed by atoms with van der Waals surface area (Å²) in [6.07, 6.45) is 0. The zero-order valence-corrected chi connectivity index (χ0v) is 19.1. The van der Waals surface area contributed by atoms with Crippen molar-refractivity contribution in [1.29, 1.82) is 0 Å². The Kier molecular flexibility index (Phi) is 7.41. The fraction of sp³-hybridized carbons (Fsp3) is 0.318. The van der Waals surface area contributed by atoms with Crippen LogP contribution in [-0.4, -0.2) is 29.8 Å². The predicted octanol–water partition coefficient (Wildman–Crippen LogP) is 5.58. The minimum Gasteiger partial charge on any atom is -0.497 e. The zero-order chi connectivity index (χ0) is 22.5. The van der Waals surface area contributed by atoms with Crippen molar-refractivity contribution in [3.05, 3.63) is 57.9 Å². The standard InChI is InChI=1S/C22H23Cl2N3O4/c1-5-30-19-16(23)10-14(11-17(19)24)21(28)25-18(12(2)3)22-26-20(27-31-22)13-6-8-15(29-4)9-7-13/h6-12,18H,5H2,1-4H3,(H,25,28). The molecule has 0 aliphatic carbocycles. The smallest absolute Gasteiger partial charge is 0.252 e. The fourth-order valence-corrected chi connectivity index (χ4v) is 3.53. The number of halogens is 2. The maximum Gasteiger partial charge on any atom is 0.252 e. The second kappa shape index (κ2) is 10.0. The minimum atomic E-state index is -0.504. The van der Waals surface area contributed by atoms with Crippen molar-refractivity contribution in [3.8, 4) is 22.9 Å². The van der Waals surface area contributed by atoms with Gasteiger partial charge in [-0.25, -0.2) is 0 Å². The molecule has 0 aliphatic heterocycles. The molecular weight excluding hydrogens is 441 g/mol. The fourth-order valence-electron chi connectivity index (χ4n) is 2.93. The van der Waals surface area contributed by atoms with E-state index in [0.717, 1.165) is 11.3 Å². The van der Waals surface area contributed by atoms with E-state index in [4.69, 9.17) is 37.2 Å². The van der Waals surface area contributed by atoms with Crippen molar-refractivity contribution in [3.63, 3.8) is 0 Å². The third-order valence-electron chi connectivity index (χ3n) is 4.56. The number of aromatic nitrogens is 2. The first kappa shape index (κ1) is 22.9. The molecule has 0 radical (unpaired) electrons. The molecule has 1 heterocycles. The van der Waals surface area contributed by atoms with Gasteiger partial charge >= 0.3 is 0 Å². The third kappa shape index (κ3) is 5.29. The van der Waals surface area contributed by atoms with E-state index in [2.05, 4.69) is 15.5 Å². The summed E-state index contributed by atoms with van der Waals surface area (Å²) < 4.78 is 16.0. The van der Waals surface area contributed by atoms with Crippen LogP contribution in [0.2, 0.25) is 10.0 Å². The quantitative estimate of drug-likeness (QED) is 0.469. The lowest BCUT2D eigenvalue weighted by Crippen LogP contribution is -2.32. The summed E-state index contributed by atoms with van der Waals surface area (Å²) in [5, 5.41) is 7.50. The molecule has 0 spiro atoms. The Bertz CT molecular complexity index is 1030. The van der Waals surface area contributed by atoms with Gasteiger partial charge in [0.25, 0.3) is 5.91 Å². The van der Waals surface area contributed by atoms with Gasteiger partial charge in [-0.1, -0.05) is 42.2 Å². The highest BCUT2D eigenvalue weighted by atomic mass is 35.5. The van der Waals surface area contributed by atoms with Crippen LogP contribution in [0.3, 0.4) is 0 Å². The number of hydrogen-bond acceptors (Lipinski definition) is 6. The summed E-state index contributed by atoms with van der Waals surface area (Å²) in [4.78, 5) is 17.4. The molecule has 1 N–H and O–H groups in total. The van der Waals surface area contributed by atoms with Crippen molar-refractivity contribution < 1.29 is 18.8 Å². The van der Waals surface area contributed by atoms with Crippen molar-refractivity contribution >= 4 is 29.1 Å². The summed E-state index contributed by atoms with van der Waals surface area (Å²) in [7, 11) is 1.60. The first-order valence-electron chi connectivity index (χ1n) is 9.74. The maximum absolute atomic E-state index is 12.9. The molecule has 31 heavy (non-hydrogen) atoms. The molecule has 0 saturated carbocycles. The highest BCUT2D eigenvalue weighted by molar-refractivity contribution is 6.37. The Hall–Kier alpha value is -2.77. The van der Waals surface area contributed by atoms with Crippen LogP contribution in [0.1, 0.15) is 43.1 Å². The minimum absolute atomic E-state index is 0.0123. The Morgan fingerprint density at radius 1 is 1.16 bits per heavy atom. The molecule has 1 amide bonds. The first-order chi connectivity index (χ1) is 14.8. The van der Waals surface area contributed by atoms with Gasteiger partial charge in [0.1, 0.15) is 11.8 Å². The van der Waals surface area contributed by atoms with E-state index < -0.39 is 6.04 Å². The van der Waals surface area contributed by atoms with Crippen LogP contribution < -0.4 is 14.8 Å². The van der Waals surface area contributed by atoms with Crippen molar-refractivity contribution in [2.45, 2.75) is 26.8 Å². The summed E-state index contributed by atoms with van der Waals surface area (Å²) in [5.74, 6) is 1.43. The summed E-state index contributed by atoms with van der Waals surface area (Å²) in [5.41, 5.74) is 1.08. The number of rotatable bonds is 8. The van der Waals surface area contributed by atoms with Gasteiger partial charge in [0.2, 0.25) is 11.7 Å². The molecule has 9 heteroatoms. The zero-order valence-electron chi connectivity index (χ0n) is 17.6. The average Bonchev–Trinajstić information content (AvgIpc) is 3.23. The van der Waals surface area contributed by atoms with Crippen LogP contribution in [0.25, 0.3) is 11.4 Å². The number of carbonyl (C=O) groups is 1. The monoisotopic (exact) mass is 463 g/mol. The molecule has 3 aromatic rings. The van der Waals surface area contributed by atoms with E-state index >= 15 is 0 Å². The van der Waals surface area contributed by atoms with Crippen LogP contribution in [0.4, 0.5) is 0 Å². The lowest BCUT2D eigenvalue weighted by molar-refractivity contribution is 0.0914. The molecule has 0 aliphatic rings. The molecule has 0 bridgehead atoms. The van der Waals surface area contributed by atoms with Gasteiger partial charge in [-0.15, -0.1) is 0 Å². The van der Waals surface area contributed by atoms with E-state index in [1.165, 1.54) is 12.1 Å². The van der Waals surface area contributed by atoms with Crippen LogP contribution in [0.5, 0.6) is 11.5 Å². The number of nitrogens with zero attached hydrogens (tertiary/aromatic N) is 2. The van der Waals surface area contributed by atoms with Gasteiger partial charge in [-0.05, 0) is 49.2 Å². The molecule has 1 aromatic heterocycles. The number of hydrogen-bond donors (Lipinski definition) is 1. The number of carbonyl (C=O) groups excluding carboxylic acids is 1. The van der Waals surface area contributed by atoms with Gasteiger partial charge in [0, 0.05) is 11.1 Å². The number of benzene rings is 2. The molecule has 1 unspecified atom stereocenters. The molecule has 2 aromatic carbocycles. The second-order valence-corrected chi connectivity index (χ2v) is 7.90. The Balaban J connectivity index is 1.82. The Morgan fingerprint density at radius 3 is 2.35 bits per heavy atom. The SMILES string of the molecule is CCOc1c(Cl)cc(C(=O)NC(c2nc(-c3ccc(OC)cc3)no2)C(C)C)cc1Cl. The van der Waals surface area contributed by atoms with Gasteiger partial charge in [-0.2, -0.15) is 4.98 Å². The maximum atomic E-state index is 12.9. The molecule has 7 nitrogen and oxygen atoms in total. The number of methoxy groups -OCH3 is 1. The Labute approximate surface area is 190 Å². The van der Waals surface area contributed by atoms with Gasteiger partial charge in [0.05, 0.1) is 23.8 Å². The van der Waals surface area contributed by atoms with Crippen molar-refractivity contribution in [2.75, 3.05) is 13.7 Å². The summed E-state index contributed by atoms with van der Waals surface area (Å²) in [6.45, 7) is 6.12. The summed E-state index contributed by atoms with van der Waals surface area (Å²) in [6, 6.07) is 9.82. The molecule has 0 saturated heterocycles. The largest absolute Gasteiger partial charge is 0.497 e. The third-order valence-corrected chi connectivity index (χ3v) is 5.12. The van der Waals surface area contributed by atoms with Crippen LogP contribution in [-0.2, 0) is 0 Å². The second-order valence-electron chi connectivity index (χ2n) is 7.08. The topological polar surface area (TPSA) is 86.5 Å². The lowest BCUT2D eigenvalue weighted by Gasteiger charge is -2.19. The highest BCUT2D eigenvalue weighted by Gasteiger charge is 2.26. The van der Waals surface area contributed by atoms with Gasteiger partial charge < -0.3 is 19.3 Å². The molecule has 164 valence electrons. The first-order valence-corrected chi connectivity index (χ1v) is 10.5. The molecular formula is C22H23Cl2N3O4. The Morgan fingerprint density at radius 2 is 1.81 bits per heavy atom. The average molecular weight is 464 g/mol. The number of amides is 1.